The van der Waals surface area contributed by atoms with Crippen LogP contribution < -0.4 is 0 Å². The molecular weight excluding hydrogens is 268 g/mol. The van der Waals surface area contributed by atoms with E-state index >= 15 is 0 Å². The summed E-state index contributed by atoms with van der Waals surface area (Å²) >= 11 is 0. The van der Waals surface area contributed by atoms with Crippen LogP contribution in [-0.4, -0.2) is 34.7 Å². The molecule has 0 atom stereocenters. The molecule has 0 aliphatic rings. The maximum absolute atomic E-state index is 12.2. The number of amides is 1. The average molecular weight is 284 g/mol. The SMILES string of the molecule is Cc1cnoc1C(=O)N(C)Cc1ccc(C#CCO)cc1. The minimum atomic E-state index is -0.200. The van der Waals surface area contributed by atoms with Crippen molar-refractivity contribution in [2.75, 3.05) is 13.7 Å². The molecule has 1 N–H and O–H groups in total. The third kappa shape index (κ3) is 3.71. The van der Waals surface area contributed by atoms with Gasteiger partial charge in [-0.05, 0) is 24.6 Å². The zero-order valence-corrected chi connectivity index (χ0v) is 12.0. The van der Waals surface area contributed by atoms with Gasteiger partial charge in [-0.2, -0.15) is 0 Å². The predicted octanol–water partition coefficient (Wildman–Crippen LogP) is 1.60. The highest BCUT2D eigenvalue weighted by atomic mass is 16.5. The second kappa shape index (κ2) is 6.73. The fourth-order valence-corrected chi connectivity index (χ4v) is 1.85. The van der Waals surface area contributed by atoms with Gasteiger partial charge in [0.25, 0.3) is 5.91 Å². The van der Waals surface area contributed by atoms with E-state index < -0.39 is 0 Å². The summed E-state index contributed by atoms with van der Waals surface area (Å²) in [5, 5.41) is 12.3. The van der Waals surface area contributed by atoms with Gasteiger partial charge in [-0.25, -0.2) is 0 Å². The summed E-state index contributed by atoms with van der Waals surface area (Å²) in [4.78, 5) is 13.8. The molecule has 108 valence electrons. The lowest BCUT2D eigenvalue weighted by atomic mass is 10.1. The molecule has 0 radical (unpaired) electrons. The highest BCUT2D eigenvalue weighted by molar-refractivity contribution is 5.92. The first kappa shape index (κ1) is 14.8. The lowest BCUT2D eigenvalue weighted by Gasteiger charge is -2.15. The number of rotatable bonds is 3. The molecule has 0 unspecified atom stereocenters. The number of hydrogen-bond acceptors (Lipinski definition) is 4. The van der Waals surface area contributed by atoms with E-state index in [1.807, 2.05) is 24.3 Å². The van der Waals surface area contributed by atoms with Gasteiger partial charge in [0.1, 0.15) is 6.61 Å². The normalized spacial score (nSPS) is 9.86. The number of benzene rings is 1. The zero-order valence-electron chi connectivity index (χ0n) is 12.0. The number of carbonyl (C=O) groups is 1. The number of aryl methyl sites for hydroxylation is 1. The third-order valence-electron chi connectivity index (χ3n) is 2.97. The summed E-state index contributed by atoms with van der Waals surface area (Å²) in [7, 11) is 1.71. The van der Waals surface area contributed by atoms with Gasteiger partial charge in [-0.15, -0.1) is 0 Å². The van der Waals surface area contributed by atoms with Gasteiger partial charge in [-0.3, -0.25) is 4.79 Å². The smallest absolute Gasteiger partial charge is 0.292 e. The number of nitrogens with zero attached hydrogens (tertiary/aromatic N) is 2. The molecule has 0 spiro atoms. The summed E-state index contributed by atoms with van der Waals surface area (Å²) in [6, 6.07) is 7.52. The van der Waals surface area contributed by atoms with E-state index in [1.54, 1.807) is 18.9 Å². The summed E-state index contributed by atoms with van der Waals surface area (Å²) in [5.41, 5.74) is 2.53. The van der Waals surface area contributed by atoms with Gasteiger partial charge in [-0.1, -0.05) is 29.1 Å². The van der Waals surface area contributed by atoms with E-state index in [4.69, 9.17) is 9.63 Å². The molecule has 0 aliphatic heterocycles. The highest BCUT2D eigenvalue weighted by Crippen LogP contribution is 2.12. The van der Waals surface area contributed by atoms with Crippen LogP contribution in [0.4, 0.5) is 0 Å². The van der Waals surface area contributed by atoms with Crippen LogP contribution in [0.15, 0.2) is 35.0 Å². The summed E-state index contributed by atoms with van der Waals surface area (Å²) in [5.74, 6) is 5.48. The molecular formula is C16H16N2O3. The third-order valence-corrected chi connectivity index (χ3v) is 2.97. The number of aliphatic hydroxyl groups excluding tert-OH is 1. The van der Waals surface area contributed by atoms with Crippen molar-refractivity contribution in [2.45, 2.75) is 13.5 Å². The zero-order chi connectivity index (χ0) is 15.2. The molecule has 21 heavy (non-hydrogen) atoms. The maximum Gasteiger partial charge on any atom is 0.292 e. The van der Waals surface area contributed by atoms with Crippen molar-refractivity contribution >= 4 is 5.91 Å². The lowest BCUT2D eigenvalue weighted by Crippen LogP contribution is -2.26. The molecule has 0 saturated heterocycles. The Bertz CT molecular complexity index is 678. The van der Waals surface area contributed by atoms with Gasteiger partial charge < -0.3 is 14.5 Å². The van der Waals surface area contributed by atoms with Crippen LogP contribution in [0.1, 0.15) is 27.2 Å². The van der Waals surface area contributed by atoms with Crippen LogP contribution in [0.25, 0.3) is 0 Å². The highest BCUT2D eigenvalue weighted by Gasteiger charge is 2.18. The van der Waals surface area contributed by atoms with Crippen LogP contribution in [0.5, 0.6) is 0 Å². The first-order valence-electron chi connectivity index (χ1n) is 6.47. The fourth-order valence-electron chi connectivity index (χ4n) is 1.85. The van der Waals surface area contributed by atoms with Gasteiger partial charge in [0, 0.05) is 24.7 Å². The monoisotopic (exact) mass is 284 g/mol. The van der Waals surface area contributed by atoms with Crippen molar-refractivity contribution < 1.29 is 14.4 Å². The number of aromatic nitrogens is 1. The molecule has 0 bridgehead atoms. The molecule has 1 amide bonds. The topological polar surface area (TPSA) is 66.6 Å². The number of aliphatic hydroxyl groups is 1. The fraction of sp³-hybridized carbons (Fsp3) is 0.250. The lowest BCUT2D eigenvalue weighted by molar-refractivity contribution is 0.0742. The second-order valence-electron chi connectivity index (χ2n) is 4.66. The van der Waals surface area contributed by atoms with Crippen molar-refractivity contribution in [3.8, 4) is 11.8 Å². The molecule has 5 nitrogen and oxygen atoms in total. The summed E-state index contributed by atoms with van der Waals surface area (Å²) < 4.78 is 4.97. The molecule has 2 aromatic rings. The summed E-state index contributed by atoms with van der Waals surface area (Å²) in [6.45, 7) is 2.09. The first-order valence-corrected chi connectivity index (χ1v) is 6.47. The van der Waals surface area contributed by atoms with Gasteiger partial charge in [0.05, 0.1) is 6.20 Å². The van der Waals surface area contributed by atoms with Crippen molar-refractivity contribution in [3.05, 3.63) is 52.9 Å². The molecule has 1 aromatic heterocycles. The molecule has 0 saturated carbocycles. The van der Waals surface area contributed by atoms with E-state index in [0.717, 1.165) is 16.7 Å². The summed E-state index contributed by atoms with van der Waals surface area (Å²) in [6.07, 6.45) is 1.52. The Kier molecular flexibility index (Phi) is 4.75. The Morgan fingerprint density at radius 3 is 2.67 bits per heavy atom. The second-order valence-corrected chi connectivity index (χ2v) is 4.66. The number of carbonyl (C=O) groups excluding carboxylic acids is 1. The van der Waals surface area contributed by atoms with Crippen molar-refractivity contribution in [2.24, 2.45) is 0 Å². The van der Waals surface area contributed by atoms with E-state index in [-0.39, 0.29) is 18.3 Å². The Labute approximate surface area is 123 Å². The van der Waals surface area contributed by atoms with Crippen molar-refractivity contribution in [3.63, 3.8) is 0 Å². The van der Waals surface area contributed by atoms with Crippen LogP contribution in [0.3, 0.4) is 0 Å². The molecule has 1 heterocycles. The maximum atomic E-state index is 12.2. The van der Waals surface area contributed by atoms with Crippen molar-refractivity contribution in [1.29, 1.82) is 0 Å². The van der Waals surface area contributed by atoms with Crippen LogP contribution >= 0.6 is 0 Å². The van der Waals surface area contributed by atoms with E-state index in [9.17, 15) is 4.79 Å². The molecule has 1 aromatic carbocycles. The number of hydrogen-bond donors (Lipinski definition) is 1. The van der Waals surface area contributed by atoms with Gasteiger partial charge in [0.15, 0.2) is 0 Å². The van der Waals surface area contributed by atoms with Gasteiger partial charge in [0.2, 0.25) is 5.76 Å². The minimum absolute atomic E-state index is 0.157. The largest absolute Gasteiger partial charge is 0.384 e. The van der Waals surface area contributed by atoms with E-state index in [1.165, 1.54) is 6.20 Å². The van der Waals surface area contributed by atoms with E-state index in [2.05, 4.69) is 17.0 Å². The molecule has 5 heteroatoms. The Morgan fingerprint density at radius 2 is 2.10 bits per heavy atom. The molecule has 0 fully saturated rings. The standard InChI is InChI=1S/C16H16N2O3/c1-12-10-17-21-15(12)16(20)18(2)11-14-7-5-13(6-8-14)4-3-9-19/h5-8,10,19H,9,11H2,1-2H3. The Hall–Kier alpha value is -2.58. The van der Waals surface area contributed by atoms with E-state index in [0.29, 0.717) is 6.54 Å². The first-order chi connectivity index (χ1) is 10.1. The molecule has 2 rings (SSSR count). The van der Waals surface area contributed by atoms with Crippen LogP contribution in [0.2, 0.25) is 0 Å². The van der Waals surface area contributed by atoms with Crippen molar-refractivity contribution in [1.82, 2.24) is 10.1 Å². The quantitative estimate of drug-likeness (QED) is 0.869. The predicted molar refractivity (Wildman–Crippen MR) is 77.4 cm³/mol. The average Bonchev–Trinajstić information content (AvgIpc) is 2.92. The Morgan fingerprint density at radius 1 is 1.38 bits per heavy atom. The Balaban J connectivity index is 2.04. The van der Waals surface area contributed by atoms with Crippen LogP contribution in [-0.2, 0) is 6.54 Å². The molecule has 0 aliphatic carbocycles. The van der Waals surface area contributed by atoms with Crippen LogP contribution in [0, 0.1) is 18.8 Å². The minimum Gasteiger partial charge on any atom is -0.384 e. The van der Waals surface area contributed by atoms with Gasteiger partial charge >= 0.3 is 0 Å².